The van der Waals surface area contributed by atoms with Gasteiger partial charge in [0.15, 0.2) is 48.9 Å². The molecular formula is C70H104O32. The van der Waals surface area contributed by atoms with Crippen LogP contribution in [0.3, 0.4) is 0 Å². The average molecular weight is 1460 g/mol. The summed E-state index contributed by atoms with van der Waals surface area (Å²) in [7, 11) is 4.25. The molecule has 5 aliphatic heterocycles. The Morgan fingerprint density at radius 3 is 1.86 bits per heavy atom. The van der Waals surface area contributed by atoms with Crippen LogP contribution in [0.4, 0.5) is 0 Å². The Hall–Kier alpha value is -4.41. The molecule has 4 saturated carbocycles. The molecule has 5 saturated heterocycles. The molecule has 1 aromatic carbocycles. The van der Waals surface area contributed by atoms with Gasteiger partial charge >= 0.3 is 17.9 Å². The van der Waals surface area contributed by atoms with Crippen LogP contribution in [0, 0.1) is 50.2 Å². The van der Waals surface area contributed by atoms with Gasteiger partial charge in [-0.05, 0) is 136 Å². The van der Waals surface area contributed by atoms with Gasteiger partial charge in [0.2, 0.25) is 12.0 Å². The second-order valence-electron chi connectivity index (χ2n) is 31.3. The highest BCUT2D eigenvalue weighted by molar-refractivity contribution is 5.87. The van der Waals surface area contributed by atoms with Gasteiger partial charge in [0.05, 0.1) is 83.5 Å². The summed E-state index contributed by atoms with van der Waals surface area (Å²) in [5.74, 6) is -4.00. The minimum Gasteiger partial charge on any atom is -0.493 e. The number of carbonyl (C=O) groups excluding carboxylic acids is 2. The van der Waals surface area contributed by atoms with E-state index in [1.807, 2.05) is 6.92 Å². The van der Waals surface area contributed by atoms with Gasteiger partial charge in [-0.15, -0.1) is 0 Å². The van der Waals surface area contributed by atoms with Crippen LogP contribution in [0.1, 0.15) is 112 Å². The molecule has 15 N–H and O–H groups in total. The van der Waals surface area contributed by atoms with Gasteiger partial charge in [0.1, 0.15) is 85.0 Å². The zero-order valence-corrected chi connectivity index (χ0v) is 58.9. The van der Waals surface area contributed by atoms with Crippen molar-refractivity contribution in [2.45, 2.75) is 253 Å². The smallest absolute Gasteiger partial charge is 0.331 e. The minimum absolute atomic E-state index is 0.00577. The first kappa shape index (κ1) is 78.7. The Kier molecular flexibility index (Phi) is 22.8. The van der Waals surface area contributed by atoms with Gasteiger partial charge < -0.3 is 143 Å². The molecule has 32 atom stereocenters. The van der Waals surface area contributed by atoms with E-state index in [1.54, 1.807) is 12.1 Å². The third-order valence-electron chi connectivity index (χ3n) is 25.1. The first-order valence-corrected chi connectivity index (χ1v) is 35.0. The summed E-state index contributed by atoms with van der Waals surface area (Å²) >= 11 is 0. The molecule has 10 unspecified atom stereocenters. The molecule has 0 bridgehead atoms. The summed E-state index contributed by atoms with van der Waals surface area (Å²) in [6, 6.07) is 3.13. The van der Waals surface area contributed by atoms with Gasteiger partial charge in [0, 0.05) is 11.5 Å². The number of hydrogen-bond donors (Lipinski definition) is 15. The summed E-state index contributed by atoms with van der Waals surface area (Å²) in [6.45, 7) is 9.25. The zero-order chi connectivity index (χ0) is 74.5. The lowest BCUT2D eigenvalue weighted by atomic mass is 9.33. The first-order chi connectivity index (χ1) is 48.0. The highest BCUT2D eigenvalue weighted by Crippen LogP contribution is 2.76. The van der Waals surface area contributed by atoms with Gasteiger partial charge in [-0.3, -0.25) is 9.59 Å². The van der Waals surface area contributed by atoms with E-state index in [0.29, 0.717) is 31.2 Å². The van der Waals surface area contributed by atoms with Gasteiger partial charge in [-0.2, -0.15) is 0 Å². The maximum Gasteiger partial charge on any atom is 0.331 e. The monoisotopic (exact) mass is 1460 g/mol. The Labute approximate surface area is 589 Å². The number of aliphatic hydroxyl groups is 14. The standard InChI is InChI=1S/C70H104O32/c1-30-50(97-42(76)14-11-32-21-37(89-8)52(91-10)38(22-32)90-9)48(82)54(100-59-49(83)53(99-61-55(84)70(88,28-73)29-93-61)51(31(2)94-59)98-57-46(80)43(77)36(75)26-92-57)60(95-30)102-63(87)68-18-17-64(3,4)23-34(68)33-12-13-40-65(5)24-35(74)56(101-58-47(81)45(79)44(78)39(25-71)96-58)67(7,62(85)86)41(65)15-16-66(40,6)69(33,27-72)20-19-68/h11-12,14,21-22,30-31,34-36,39-41,43-51,53-61,71-75,77-84,88H,13,15-20,23-29H2,1-10H3,(H,85,86)/b14-11+/t30-,31-,34?,35?,36-,39-,40?,41?,43-,44-,45-,46-,47-,48-,49-,50+,51+,53+,54-,55+,56?,57+,58+,59+,60+,61+,65?,66?,67?,68?,69?,70-/m1/s1. The largest absolute Gasteiger partial charge is 0.493 e. The van der Waals surface area contributed by atoms with Crippen LogP contribution < -0.4 is 14.2 Å². The second-order valence-corrected chi connectivity index (χ2v) is 31.3. The van der Waals surface area contributed by atoms with E-state index in [4.69, 9.17) is 66.3 Å². The third kappa shape index (κ3) is 13.3. The highest BCUT2D eigenvalue weighted by atomic mass is 16.8. The van der Waals surface area contributed by atoms with Crippen molar-refractivity contribution < 1.29 is 157 Å². The molecule has 0 spiro atoms. The van der Waals surface area contributed by atoms with Crippen molar-refractivity contribution in [1.82, 2.24) is 0 Å². The van der Waals surface area contributed by atoms with E-state index in [9.17, 15) is 86.2 Å². The maximum absolute atomic E-state index is 16.1. The number of carboxylic acid groups (broad SMARTS) is 1. The van der Waals surface area contributed by atoms with Crippen molar-refractivity contribution >= 4 is 24.0 Å². The molecule has 0 radical (unpaired) electrons. The second kappa shape index (κ2) is 29.6. The van der Waals surface area contributed by atoms with Crippen LogP contribution in [0.2, 0.25) is 0 Å². The Balaban J connectivity index is 0.913. The fourth-order valence-corrected chi connectivity index (χ4v) is 19.2. The fourth-order valence-electron chi connectivity index (χ4n) is 19.2. The lowest BCUT2D eigenvalue weighted by molar-refractivity contribution is -0.384. The van der Waals surface area contributed by atoms with Crippen LogP contribution in [0.15, 0.2) is 29.9 Å². The van der Waals surface area contributed by atoms with E-state index < -0.39 is 242 Å². The average Bonchev–Trinajstić information content (AvgIpc) is 0.708. The Morgan fingerprint density at radius 2 is 1.24 bits per heavy atom. The highest BCUT2D eigenvalue weighted by Gasteiger charge is 2.74. The molecule has 5 heterocycles. The number of carboxylic acids is 1. The number of aliphatic carboxylic acids is 1. The summed E-state index contributed by atoms with van der Waals surface area (Å²) in [5.41, 5.74) is -7.50. The number of ether oxygens (including phenoxy) is 14. The number of esters is 2. The van der Waals surface area contributed by atoms with E-state index in [0.717, 1.165) is 11.6 Å². The number of hydrogen-bond acceptors (Lipinski definition) is 31. The van der Waals surface area contributed by atoms with E-state index >= 15 is 4.79 Å². The van der Waals surface area contributed by atoms with Gasteiger partial charge in [-0.1, -0.05) is 39.3 Å². The van der Waals surface area contributed by atoms with Crippen LogP contribution >= 0.6 is 0 Å². The van der Waals surface area contributed by atoms with Crippen LogP contribution in [-0.2, 0) is 66.5 Å². The third-order valence-corrected chi connectivity index (χ3v) is 25.1. The van der Waals surface area contributed by atoms with Crippen LogP contribution in [0.25, 0.3) is 6.08 Å². The predicted molar refractivity (Wildman–Crippen MR) is 344 cm³/mol. The topological polar surface area (TPSA) is 484 Å². The number of fused-ring (bicyclic) bond motifs is 7. The molecule has 32 heteroatoms. The number of methoxy groups -OCH3 is 3. The Bertz CT molecular complexity index is 3200. The van der Waals surface area contributed by atoms with Crippen molar-refractivity contribution in [2.24, 2.45) is 50.2 Å². The lowest BCUT2D eigenvalue weighted by Crippen LogP contribution is -2.71. The van der Waals surface area contributed by atoms with Crippen molar-refractivity contribution in [3.05, 3.63) is 35.4 Å². The van der Waals surface area contributed by atoms with Crippen LogP contribution in [-0.4, -0.2) is 296 Å². The number of aliphatic hydroxyl groups excluding tert-OH is 13. The van der Waals surface area contributed by atoms with Crippen molar-refractivity contribution in [3.8, 4) is 17.2 Å². The number of benzene rings is 1. The first-order valence-electron chi connectivity index (χ1n) is 35.0. The predicted octanol–water partition coefficient (Wildman–Crippen LogP) is -1.58. The molecule has 0 aromatic heterocycles. The molecule has 576 valence electrons. The molecular weight excluding hydrogens is 1350 g/mol. The SMILES string of the molecule is COc1cc(/C=C/C(=O)O[C@@H]2[C@@H](O)[C@@H](O[C@@H]3O[C@H](C)[C@H](O[C@@H]4OC[C@@H](O)[C@@H](O)[C@H]4O)[C@@H](O[C@@H]4OC[C@](O)(CO)[C@H]4O)[C@H]3O)[C@H](OC(=O)C34CCC(C)(C)CC3C3=CCC5C6(C)CC(O)C(O[C@@H]7O[C@H](CO)[C@@H](O)[C@@H](O)[C@H]7O)C(C)(C(=O)O)C6CCC5(C)C3(CO)CC4)O[C@@H]2C)cc(OC)c1OC. The lowest BCUT2D eigenvalue weighted by Gasteiger charge is -2.71. The van der Waals surface area contributed by atoms with Crippen LogP contribution in [0.5, 0.6) is 17.2 Å². The molecule has 9 fully saturated rings. The summed E-state index contributed by atoms with van der Waals surface area (Å²) in [6.07, 6.45) is -32.8. The van der Waals surface area contributed by atoms with E-state index in [2.05, 4.69) is 26.8 Å². The van der Waals surface area contributed by atoms with E-state index in [1.165, 1.54) is 48.2 Å². The van der Waals surface area contributed by atoms with Crippen molar-refractivity contribution in [2.75, 3.05) is 54.4 Å². The van der Waals surface area contributed by atoms with Crippen molar-refractivity contribution in [1.29, 1.82) is 0 Å². The normalized spacial score (nSPS) is 47.7. The quantitative estimate of drug-likeness (QED) is 0.0303. The Morgan fingerprint density at radius 1 is 0.608 bits per heavy atom. The van der Waals surface area contributed by atoms with E-state index in [-0.39, 0.29) is 56.0 Å². The molecule has 0 amide bonds. The molecule has 32 nitrogen and oxygen atoms in total. The molecule has 10 aliphatic rings. The zero-order valence-electron chi connectivity index (χ0n) is 58.9. The number of carbonyl (C=O) groups is 3. The number of allylic oxidation sites excluding steroid dienone is 1. The summed E-state index contributed by atoms with van der Waals surface area (Å²) < 4.78 is 83.7. The summed E-state index contributed by atoms with van der Waals surface area (Å²) in [4.78, 5) is 44.0. The number of rotatable bonds is 20. The van der Waals surface area contributed by atoms with Crippen molar-refractivity contribution in [3.63, 3.8) is 0 Å². The molecule has 5 aliphatic carbocycles. The fraction of sp³-hybridized carbons (Fsp3) is 0.814. The summed E-state index contributed by atoms with van der Waals surface area (Å²) in [5, 5.41) is 168. The molecule has 11 rings (SSSR count). The van der Waals surface area contributed by atoms with Gasteiger partial charge in [0.25, 0.3) is 0 Å². The molecule has 1 aromatic rings. The minimum atomic E-state index is -2.25. The molecule has 102 heavy (non-hydrogen) atoms. The van der Waals surface area contributed by atoms with Gasteiger partial charge in [-0.25, -0.2) is 4.79 Å². The maximum atomic E-state index is 16.1.